The van der Waals surface area contributed by atoms with Crippen molar-refractivity contribution in [2.24, 2.45) is 0 Å². The van der Waals surface area contributed by atoms with E-state index in [1.54, 1.807) is 55.5 Å². The molecule has 0 spiro atoms. The number of pyridine rings is 1. The Labute approximate surface area is 250 Å². The SMILES string of the molecule is Cc1cc2cc(C(=O)c3cnn(-c4ccc(Oc5ccccc5F)cc4C)c3N)[nH]c2cc1NS(=O)(=O)c1cccc(F)n1. The van der Waals surface area contributed by atoms with E-state index in [9.17, 15) is 22.0 Å². The number of fused-ring (bicyclic) bond motifs is 1. The molecule has 0 radical (unpaired) electrons. The first-order valence-electron chi connectivity index (χ1n) is 13.2. The topological polar surface area (TPSA) is 145 Å². The Kier molecular flexibility index (Phi) is 7.09. The largest absolute Gasteiger partial charge is 0.454 e. The lowest BCUT2D eigenvalue weighted by molar-refractivity contribution is 0.103. The van der Waals surface area contributed by atoms with Gasteiger partial charge in [-0.1, -0.05) is 18.2 Å². The smallest absolute Gasteiger partial charge is 0.279 e. The van der Waals surface area contributed by atoms with Gasteiger partial charge in [-0.15, -0.1) is 0 Å². The summed E-state index contributed by atoms with van der Waals surface area (Å²) in [5.41, 5.74) is 9.34. The average molecular weight is 615 g/mol. The molecule has 13 heteroatoms. The Bertz CT molecular complexity index is 2190. The molecule has 4 N–H and O–H groups in total. The zero-order valence-electron chi connectivity index (χ0n) is 23.3. The number of H-pyrrole nitrogens is 1. The summed E-state index contributed by atoms with van der Waals surface area (Å²) < 4.78 is 62.6. The number of ether oxygens (including phenoxy) is 1. The van der Waals surface area contributed by atoms with Crippen molar-refractivity contribution in [3.63, 3.8) is 0 Å². The number of sulfonamides is 1. The van der Waals surface area contributed by atoms with Crippen LogP contribution >= 0.6 is 0 Å². The second-order valence-corrected chi connectivity index (χ2v) is 11.6. The molecule has 3 aromatic heterocycles. The first-order chi connectivity index (χ1) is 21.0. The van der Waals surface area contributed by atoms with E-state index in [1.165, 1.54) is 35.1 Å². The van der Waals surface area contributed by atoms with E-state index in [0.29, 0.717) is 27.9 Å². The number of anilines is 2. The zero-order valence-corrected chi connectivity index (χ0v) is 24.1. The predicted molar refractivity (Wildman–Crippen MR) is 161 cm³/mol. The molecule has 0 aliphatic heterocycles. The Morgan fingerprint density at radius 3 is 2.52 bits per heavy atom. The van der Waals surface area contributed by atoms with Crippen molar-refractivity contribution in [3.05, 3.63) is 119 Å². The highest BCUT2D eigenvalue weighted by Gasteiger charge is 2.22. The van der Waals surface area contributed by atoms with Gasteiger partial charge in [-0.2, -0.15) is 17.9 Å². The number of nitrogens with one attached hydrogen (secondary N) is 2. The summed E-state index contributed by atoms with van der Waals surface area (Å²) in [6.07, 6.45) is 1.36. The fourth-order valence-electron chi connectivity index (χ4n) is 4.72. The molecule has 0 amide bonds. The minimum absolute atomic E-state index is 0.0905. The number of para-hydroxylation sites is 1. The quantitative estimate of drug-likeness (QED) is 0.140. The molecular formula is C31H24F2N6O4S. The van der Waals surface area contributed by atoms with E-state index < -0.39 is 32.6 Å². The van der Waals surface area contributed by atoms with E-state index in [4.69, 9.17) is 10.5 Å². The fraction of sp³-hybridized carbons (Fsp3) is 0.0645. The van der Waals surface area contributed by atoms with Gasteiger partial charge in [0.1, 0.15) is 11.6 Å². The van der Waals surface area contributed by atoms with Gasteiger partial charge in [0.25, 0.3) is 10.0 Å². The standard InChI is InChI=1S/C31H24F2N6O4S/c1-17-12-19-14-25(36-24(19)15-23(17)38-44(41,42)29-9-5-8-28(33)37-29)30(40)21-16-35-39(31(21)34)26-11-10-20(13-18(26)2)43-27-7-4-3-6-22(27)32/h3-16,36,38H,34H2,1-2H3. The van der Waals surface area contributed by atoms with Gasteiger partial charge in [-0.25, -0.2) is 14.1 Å². The number of hydrogen-bond acceptors (Lipinski definition) is 7. The third kappa shape index (κ3) is 5.36. The number of aromatic amines is 1. The Balaban J connectivity index is 1.26. The van der Waals surface area contributed by atoms with Crippen LogP contribution in [-0.4, -0.2) is 33.9 Å². The summed E-state index contributed by atoms with van der Waals surface area (Å²) in [4.78, 5) is 20.0. The van der Waals surface area contributed by atoms with E-state index in [1.807, 2.05) is 6.92 Å². The number of halogens is 2. The highest BCUT2D eigenvalue weighted by Crippen LogP contribution is 2.30. The highest BCUT2D eigenvalue weighted by molar-refractivity contribution is 7.92. The first-order valence-corrected chi connectivity index (χ1v) is 14.7. The summed E-state index contributed by atoms with van der Waals surface area (Å²) in [6.45, 7) is 3.50. The third-order valence-electron chi connectivity index (χ3n) is 6.93. The van der Waals surface area contributed by atoms with Crippen LogP contribution in [0.1, 0.15) is 27.2 Å². The number of nitrogens with two attached hydrogens (primary N) is 1. The number of rotatable bonds is 8. The van der Waals surface area contributed by atoms with Crippen LogP contribution in [0.2, 0.25) is 0 Å². The van der Waals surface area contributed by atoms with E-state index in [2.05, 4.69) is 19.8 Å². The van der Waals surface area contributed by atoms with Gasteiger partial charge in [0, 0.05) is 10.9 Å². The second-order valence-electron chi connectivity index (χ2n) is 10.0. The van der Waals surface area contributed by atoms with Crippen LogP contribution in [0, 0.1) is 25.6 Å². The lowest BCUT2D eigenvalue weighted by Gasteiger charge is -2.12. The van der Waals surface area contributed by atoms with Gasteiger partial charge in [0.15, 0.2) is 16.6 Å². The molecule has 222 valence electrons. The van der Waals surface area contributed by atoms with Crippen molar-refractivity contribution in [1.82, 2.24) is 19.7 Å². The van der Waals surface area contributed by atoms with Crippen LogP contribution in [0.25, 0.3) is 16.6 Å². The van der Waals surface area contributed by atoms with Crippen molar-refractivity contribution >= 4 is 38.2 Å². The number of benzene rings is 3. The van der Waals surface area contributed by atoms with Crippen LogP contribution in [0.4, 0.5) is 20.3 Å². The number of carbonyl (C=O) groups is 1. The van der Waals surface area contributed by atoms with Crippen molar-refractivity contribution in [3.8, 4) is 17.2 Å². The van der Waals surface area contributed by atoms with E-state index in [0.717, 1.165) is 11.6 Å². The number of aryl methyl sites for hydroxylation is 2. The van der Waals surface area contributed by atoms with Gasteiger partial charge < -0.3 is 15.5 Å². The summed E-state index contributed by atoms with van der Waals surface area (Å²) in [5, 5.41) is 4.52. The molecule has 0 unspecified atom stereocenters. The minimum Gasteiger partial charge on any atom is -0.454 e. The molecule has 0 aliphatic rings. The van der Waals surface area contributed by atoms with E-state index >= 15 is 0 Å². The summed E-state index contributed by atoms with van der Waals surface area (Å²) in [5.74, 6) is -1.22. The van der Waals surface area contributed by atoms with Gasteiger partial charge in [-0.3, -0.25) is 9.52 Å². The second kappa shape index (κ2) is 10.9. The molecule has 10 nitrogen and oxygen atoms in total. The molecular weight excluding hydrogens is 590 g/mol. The average Bonchev–Trinajstić information content (AvgIpc) is 3.57. The van der Waals surface area contributed by atoms with Crippen molar-refractivity contribution in [2.45, 2.75) is 18.9 Å². The molecule has 44 heavy (non-hydrogen) atoms. The summed E-state index contributed by atoms with van der Waals surface area (Å²) in [6, 6.07) is 19.5. The number of carbonyl (C=O) groups excluding carboxylic acids is 1. The third-order valence-corrected chi connectivity index (χ3v) is 8.20. The van der Waals surface area contributed by atoms with Crippen LogP contribution in [0.15, 0.2) is 90.1 Å². The van der Waals surface area contributed by atoms with Crippen LogP contribution in [0.5, 0.6) is 11.5 Å². The number of aromatic nitrogens is 4. The van der Waals surface area contributed by atoms with Gasteiger partial charge >= 0.3 is 0 Å². The molecule has 3 aromatic carbocycles. The Morgan fingerprint density at radius 2 is 1.77 bits per heavy atom. The summed E-state index contributed by atoms with van der Waals surface area (Å²) >= 11 is 0. The maximum Gasteiger partial charge on any atom is 0.279 e. The number of nitrogens with zero attached hydrogens (tertiary/aromatic N) is 3. The van der Waals surface area contributed by atoms with Gasteiger partial charge in [-0.05, 0) is 85.6 Å². The Morgan fingerprint density at radius 1 is 0.977 bits per heavy atom. The minimum atomic E-state index is -4.17. The van der Waals surface area contributed by atoms with E-state index in [-0.39, 0.29) is 28.5 Å². The molecule has 6 aromatic rings. The first kappa shape index (κ1) is 28.6. The van der Waals surface area contributed by atoms with Crippen molar-refractivity contribution < 1.29 is 26.7 Å². The van der Waals surface area contributed by atoms with Gasteiger partial charge in [0.05, 0.1) is 28.8 Å². The summed E-state index contributed by atoms with van der Waals surface area (Å²) in [7, 11) is -4.17. The maximum atomic E-state index is 14.0. The molecule has 0 saturated heterocycles. The molecule has 0 saturated carbocycles. The number of nitrogen functional groups attached to an aromatic ring is 1. The molecule has 0 aliphatic carbocycles. The molecule has 6 rings (SSSR count). The monoisotopic (exact) mass is 614 g/mol. The highest BCUT2D eigenvalue weighted by atomic mass is 32.2. The number of ketones is 1. The maximum absolute atomic E-state index is 14.0. The molecule has 0 atom stereocenters. The Hall–Kier alpha value is -5.56. The van der Waals surface area contributed by atoms with Crippen molar-refractivity contribution in [2.75, 3.05) is 10.5 Å². The molecule has 0 fully saturated rings. The lowest BCUT2D eigenvalue weighted by Crippen LogP contribution is -2.15. The molecule has 3 heterocycles. The van der Waals surface area contributed by atoms with Crippen LogP contribution in [0.3, 0.4) is 0 Å². The van der Waals surface area contributed by atoms with Crippen LogP contribution in [-0.2, 0) is 10.0 Å². The normalized spacial score (nSPS) is 11.5. The lowest BCUT2D eigenvalue weighted by atomic mass is 10.1. The zero-order chi connectivity index (χ0) is 31.2. The number of hydrogen-bond donors (Lipinski definition) is 3. The predicted octanol–water partition coefficient (Wildman–Crippen LogP) is 6.05. The van der Waals surface area contributed by atoms with Crippen LogP contribution < -0.4 is 15.2 Å². The van der Waals surface area contributed by atoms with Gasteiger partial charge in [0.2, 0.25) is 11.7 Å². The molecule has 0 bridgehead atoms. The fourth-order valence-corrected chi connectivity index (χ4v) is 5.80. The van der Waals surface area contributed by atoms with Crippen molar-refractivity contribution in [1.29, 1.82) is 0 Å².